The molecule has 0 radical (unpaired) electrons. The summed E-state index contributed by atoms with van der Waals surface area (Å²) >= 11 is 0. The lowest BCUT2D eigenvalue weighted by Gasteiger charge is -2.21. The zero-order valence-corrected chi connectivity index (χ0v) is 14.6. The van der Waals surface area contributed by atoms with Gasteiger partial charge in [-0.15, -0.1) is 0 Å². The maximum Gasteiger partial charge on any atom is 0.407 e. The lowest BCUT2D eigenvalue weighted by atomic mass is 10.0. The number of nitrogens with one attached hydrogen (secondary N) is 3. The monoisotopic (exact) mass is 341 g/mol. The van der Waals surface area contributed by atoms with Crippen molar-refractivity contribution in [3.63, 3.8) is 0 Å². The number of rotatable bonds is 6. The van der Waals surface area contributed by atoms with Crippen molar-refractivity contribution in [1.29, 1.82) is 0 Å². The van der Waals surface area contributed by atoms with Crippen LogP contribution in [0.3, 0.4) is 0 Å². The van der Waals surface area contributed by atoms with E-state index < -0.39 is 12.1 Å². The van der Waals surface area contributed by atoms with E-state index in [9.17, 15) is 9.59 Å². The molecule has 0 bridgehead atoms. The van der Waals surface area contributed by atoms with Gasteiger partial charge in [-0.2, -0.15) is 0 Å². The summed E-state index contributed by atoms with van der Waals surface area (Å²) in [5, 5.41) is 8.62. The summed E-state index contributed by atoms with van der Waals surface area (Å²) in [6.07, 6.45) is -0.628. The highest BCUT2D eigenvalue weighted by Gasteiger charge is 2.24. The van der Waals surface area contributed by atoms with Crippen LogP contribution in [0, 0.1) is 5.92 Å². The minimum absolute atomic E-state index is 0.0712. The molecule has 2 aromatic carbocycles. The van der Waals surface area contributed by atoms with Crippen molar-refractivity contribution in [2.24, 2.45) is 5.92 Å². The van der Waals surface area contributed by atoms with Gasteiger partial charge in [-0.25, -0.2) is 4.79 Å². The zero-order chi connectivity index (χ0) is 18.2. The quantitative estimate of drug-likeness (QED) is 0.747. The van der Waals surface area contributed by atoms with E-state index in [0.717, 1.165) is 11.4 Å². The number of benzene rings is 2. The minimum atomic E-state index is -0.672. The summed E-state index contributed by atoms with van der Waals surface area (Å²) in [6, 6.07) is 16.5. The molecule has 0 heterocycles. The highest BCUT2D eigenvalue weighted by molar-refractivity contribution is 5.96. The Balaban J connectivity index is 1.99. The second-order valence-corrected chi connectivity index (χ2v) is 5.92. The highest BCUT2D eigenvalue weighted by Crippen LogP contribution is 2.19. The first kappa shape index (κ1) is 18.3. The standard InChI is InChI=1S/C19H23N3O3/c1-13(2)17(22-19(24)25-3)18(23)21-16-11-9-15(10-12-16)20-14-7-5-4-6-8-14/h4-13,17,20H,1-3H3,(H,21,23)(H,22,24)/t17-/m0/s1. The van der Waals surface area contributed by atoms with Crippen molar-refractivity contribution in [3.8, 4) is 0 Å². The Labute approximate surface area is 147 Å². The summed E-state index contributed by atoms with van der Waals surface area (Å²) < 4.78 is 4.57. The van der Waals surface area contributed by atoms with Crippen LogP contribution in [-0.2, 0) is 9.53 Å². The first-order chi connectivity index (χ1) is 12.0. The van der Waals surface area contributed by atoms with Gasteiger partial charge < -0.3 is 20.7 Å². The Morgan fingerprint density at radius 2 is 1.44 bits per heavy atom. The Bertz CT molecular complexity index is 700. The fourth-order valence-corrected chi connectivity index (χ4v) is 2.27. The van der Waals surface area contributed by atoms with Gasteiger partial charge in [0.25, 0.3) is 0 Å². The first-order valence-corrected chi connectivity index (χ1v) is 8.07. The molecule has 0 saturated heterocycles. The van der Waals surface area contributed by atoms with Gasteiger partial charge in [-0.3, -0.25) is 4.79 Å². The van der Waals surface area contributed by atoms with E-state index in [1.165, 1.54) is 7.11 Å². The van der Waals surface area contributed by atoms with Crippen LogP contribution in [0.5, 0.6) is 0 Å². The van der Waals surface area contributed by atoms with Crippen molar-refractivity contribution >= 4 is 29.1 Å². The molecule has 6 heteroatoms. The number of carbonyl (C=O) groups is 2. The second kappa shape index (κ2) is 8.73. The van der Waals surface area contributed by atoms with Gasteiger partial charge >= 0.3 is 6.09 Å². The molecule has 0 fully saturated rings. The molecule has 0 unspecified atom stereocenters. The molecule has 0 aliphatic rings. The van der Waals surface area contributed by atoms with Crippen LogP contribution in [-0.4, -0.2) is 25.2 Å². The van der Waals surface area contributed by atoms with Crippen LogP contribution in [0.15, 0.2) is 54.6 Å². The van der Waals surface area contributed by atoms with Gasteiger partial charge in [0.15, 0.2) is 0 Å². The van der Waals surface area contributed by atoms with E-state index in [1.807, 2.05) is 56.3 Å². The number of carbonyl (C=O) groups excluding carboxylic acids is 2. The average molecular weight is 341 g/mol. The smallest absolute Gasteiger partial charge is 0.407 e. The molecule has 132 valence electrons. The Hall–Kier alpha value is -3.02. The molecule has 0 saturated carbocycles. The summed E-state index contributed by atoms with van der Waals surface area (Å²) in [5.74, 6) is -0.359. The van der Waals surface area contributed by atoms with Crippen molar-refractivity contribution in [2.75, 3.05) is 17.7 Å². The van der Waals surface area contributed by atoms with E-state index in [-0.39, 0.29) is 11.8 Å². The van der Waals surface area contributed by atoms with Gasteiger partial charge in [-0.05, 0) is 42.3 Å². The van der Waals surface area contributed by atoms with E-state index in [0.29, 0.717) is 5.69 Å². The van der Waals surface area contributed by atoms with Crippen LogP contribution >= 0.6 is 0 Å². The lowest BCUT2D eigenvalue weighted by molar-refractivity contribution is -0.119. The molecule has 0 aromatic heterocycles. The van der Waals surface area contributed by atoms with Crippen molar-refractivity contribution in [2.45, 2.75) is 19.9 Å². The number of amides is 2. The van der Waals surface area contributed by atoms with Crippen molar-refractivity contribution < 1.29 is 14.3 Å². The molecule has 2 aromatic rings. The molecule has 25 heavy (non-hydrogen) atoms. The van der Waals surface area contributed by atoms with Gasteiger partial charge in [0.05, 0.1) is 7.11 Å². The number of hydrogen-bond acceptors (Lipinski definition) is 4. The van der Waals surface area contributed by atoms with E-state index in [2.05, 4.69) is 20.7 Å². The van der Waals surface area contributed by atoms with Crippen LogP contribution < -0.4 is 16.0 Å². The maximum atomic E-state index is 12.4. The fourth-order valence-electron chi connectivity index (χ4n) is 2.27. The van der Waals surface area contributed by atoms with Crippen LogP contribution in [0.25, 0.3) is 0 Å². The fraction of sp³-hybridized carbons (Fsp3) is 0.263. The number of alkyl carbamates (subject to hydrolysis) is 1. The van der Waals surface area contributed by atoms with Crippen molar-refractivity contribution in [1.82, 2.24) is 5.32 Å². The van der Waals surface area contributed by atoms with Gasteiger partial charge in [0.1, 0.15) is 6.04 Å². The zero-order valence-electron chi connectivity index (χ0n) is 14.6. The second-order valence-electron chi connectivity index (χ2n) is 5.92. The van der Waals surface area contributed by atoms with E-state index in [1.54, 1.807) is 12.1 Å². The summed E-state index contributed by atoms with van der Waals surface area (Å²) in [4.78, 5) is 23.8. The predicted octanol–water partition coefficient (Wildman–Crippen LogP) is 3.75. The van der Waals surface area contributed by atoms with E-state index >= 15 is 0 Å². The molecule has 0 aliphatic carbocycles. The average Bonchev–Trinajstić information content (AvgIpc) is 2.61. The first-order valence-electron chi connectivity index (χ1n) is 8.07. The molecule has 2 amide bonds. The third-order valence-electron chi connectivity index (χ3n) is 3.62. The Morgan fingerprint density at radius 1 is 0.880 bits per heavy atom. The van der Waals surface area contributed by atoms with Crippen LogP contribution in [0.2, 0.25) is 0 Å². The van der Waals surface area contributed by atoms with Crippen molar-refractivity contribution in [3.05, 3.63) is 54.6 Å². The Kier molecular flexibility index (Phi) is 6.39. The number of ether oxygens (including phenoxy) is 1. The minimum Gasteiger partial charge on any atom is -0.453 e. The lowest BCUT2D eigenvalue weighted by Crippen LogP contribution is -2.47. The number of para-hydroxylation sites is 1. The predicted molar refractivity (Wildman–Crippen MR) is 99.0 cm³/mol. The molecular weight excluding hydrogens is 318 g/mol. The number of hydrogen-bond donors (Lipinski definition) is 3. The largest absolute Gasteiger partial charge is 0.453 e. The topological polar surface area (TPSA) is 79.5 Å². The van der Waals surface area contributed by atoms with Crippen LogP contribution in [0.4, 0.5) is 21.9 Å². The highest BCUT2D eigenvalue weighted by atomic mass is 16.5. The van der Waals surface area contributed by atoms with Gasteiger partial charge in [0.2, 0.25) is 5.91 Å². The SMILES string of the molecule is COC(=O)N[C@H](C(=O)Nc1ccc(Nc2ccccc2)cc1)C(C)C. The van der Waals surface area contributed by atoms with Gasteiger partial charge in [0, 0.05) is 17.1 Å². The molecule has 0 aliphatic heterocycles. The summed E-state index contributed by atoms with van der Waals surface area (Å²) in [5.41, 5.74) is 2.56. The molecule has 2 rings (SSSR count). The van der Waals surface area contributed by atoms with E-state index in [4.69, 9.17) is 0 Å². The van der Waals surface area contributed by atoms with Gasteiger partial charge in [-0.1, -0.05) is 32.0 Å². The molecule has 6 nitrogen and oxygen atoms in total. The van der Waals surface area contributed by atoms with Crippen LogP contribution in [0.1, 0.15) is 13.8 Å². The summed E-state index contributed by atoms with van der Waals surface area (Å²) in [6.45, 7) is 3.71. The molecular formula is C19H23N3O3. The molecule has 0 spiro atoms. The third-order valence-corrected chi connectivity index (χ3v) is 3.62. The summed E-state index contributed by atoms with van der Waals surface area (Å²) in [7, 11) is 1.27. The molecule has 3 N–H and O–H groups in total. The number of methoxy groups -OCH3 is 1. The number of anilines is 3. The molecule has 1 atom stereocenters. The maximum absolute atomic E-state index is 12.4. The third kappa shape index (κ3) is 5.53. The normalized spacial score (nSPS) is 11.5. The Morgan fingerprint density at radius 3 is 2.00 bits per heavy atom.